The highest BCUT2D eigenvalue weighted by molar-refractivity contribution is 7.18. The molecule has 6 nitrogen and oxygen atoms in total. The lowest BCUT2D eigenvalue weighted by molar-refractivity contribution is -0.115. The lowest BCUT2D eigenvalue weighted by Gasteiger charge is -2.07. The molecule has 3 rings (SSSR count). The van der Waals surface area contributed by atoms with Crippen molar-refractivity contribution in [3.63, 3.8) is 0 Å². The summed E-state index contributed by atoms with van der Waals surface area (Å²) >= 11 is 13.1. The lowest BCUT2D eigenvalue weighted by atomic mass is 10.1. The first-order valence-corrected chi connectivity index (χ1v) is 9.37. The molecule has 0 saturated heterocycles. The number of nitrogens with one attached hydrogen (secondary N) is 1. The number of anilines is 1. The summed E-state index contributed by atoms with van der Waals surface area (Å²) in [7, 11) is 3.14. The van der Waals surface area contributed by atoms with Gasteiger partial charge in [0.1, 0.15) is 5.01 Å². The number of methoxy groups -OCH3 is 2. The Bertz CT molecular complexity index is 978. The van der Waals surface area contributed by atoms with Crippen LogP contribution in [-0.2, 0) is 11.2 Å². The summed E-state index contributed by atoms with van der Waals surface area (Å²) in [6.45, 7) is 0. The van der Waals surface area contributed by atoms with Gasteiger partial charge in [0.05, 0.1) is 30.7 Å². The van der Waals surface area contributed by atoms with Gasteiger partial charge in [-0.15, -0.1) is 10.2 Å². The predicted molar refractivity (Wildman–Crippen MR) is 107 cm³/mol. The van der Waals surface area contributed by atoms with Crippen molar-refractivity contribution in [2.75, 3.05) is 19.5 Å². The van der Waals surface area contributed by atoms with Crippen molar-refractivity contribution in [1.29, 1.82) is 0 Å². The van der Waals surface area contributed by atoms with Crippen LogP contribution in [0.25, 0.3) is 10.6 Å². The fourth-order valence-electron chi connectivity index (χ4n) is 2.36. The maximum atomic E-state index is 12.2. The summed E-state index contributed by atoms with van der Waals surface area (Å²) in [6, 6.07) is 10.5. The normalized spacial score (nSPS) is 10.5. The fraction of sp³-hybridized carbons (Fsp3) is 0.167. The van der Waals surface area contributed by atoms with Crippen molar-refractivity contribution >= 4 is 45.6 Å². The average Bonchev–Trinajstić information content (AvgIpc) is 3.12. The molecule has 0 radical (unpaired) electrons. The van der Waals surface area contributed by atoms with Crippen molar-refractivity contribution in [3.05, 3.63) is 52.0 Å². The molecule has 0 aliphatic rings. The second kappa shape index (κ2) is 8.56. The third kappa shape index (κ3) is 4.68. The molecule has 2 aromatic carbocycles. The minimum atomic E-state index is -0.219. The third-order valence-corrected chi connectivity index (χ3v) is 5.28. The van der Waals surface area contributed by atoms with Gasteiger partial charge < -0.3 is 14.8 Å². The average molecular weight is 424 g/mol. The number of halogens is 2. The molecule has 0 saturated carbocycles. The third-order valence-electron chi connectivity index (χ3n) is 3.65. The van der Waals surface area contributed by atoms with Gasteiger partial charge in [0, 0.05) is 5.56 Å². The first kappa shape index (κ1) is 19.4. The number of hydrogen-bond acceptors (Lipinski definition) is 6. The number of benzene rings is 2. The molecule has 3 aromatic rings. The fourth-order valence-corrected chi connectivity index (χ4v) is 3.43. The number of ether oxygens (including phenoxy) is 2. The van der Waals surface area contributed by atoms with Crippen LogP contribution in [0, 0.1) is 0 Å². The Morgan fingerprint density at radius 2 is 1.81 bits per heavy atom. The molecular formula is C18H15Cl2N3O3S. The largest absolute Gasteiger partial charge is 0.493 e. The summed E-state index contributed by atoms with van der Waals surface area (Å²) in [4.78, 5) is 12.2. The molecule has 0 atom stereocenters. The number of rotatable bonds is 6. The van der Waals surface area contributed by atoms with Crippen LogP contribution in [0.4, 0.5) is 5.13 Å². The number of amides is 1. The quantitative estimate of drug-likeness (QED) is 0.621. The summed E-state index contributed by atoms with van der Waals surface area (Å²) in [5.41, 5.74) is 1.57. The van der Waals surface area contributed by atoms with E-state index < -0.39 is 0 Å². The van der Waals surface area contributed by atoms with Crippen LogP contribution in [0.2, 0.25) is 10.0 Å². The van der Waals surface area contributed by atoms with E-state index in [9.17, 15) is 4.79 Å². The maximum absolute atomic E-state index is 12.2. The molecule has 0 aliphatic heterocycles. The second-order valence-electron chi connectivity index (χ2n) is 5.46. The standard InChI is InChI=1S/C18H15Cl2N3O3S/c1-25-14-6-4-11(9-15(14)26-2)17-22-23-18(27-17)21-16(24)8-10-3-5-12(19)13(20)7-10/h3-7,9H,8H2,1-2H3,(H,21,23,24). The summed E-state index contributed by atoms with van der Waals surface area (Å²) in [5, 5.41) is 12.8. The van der Waals surface area contributed by atoms with Gasteiger partial charge in [-0.05, 0) is 35.9 Å². The van der Waals surface area contributed by atoms with Crippen molar-refractivity contribution < 1.29 is 14.3 Å². The van der Waals surface area contributed by atoms with Gasteiger partial charge in [0.25, 0.3) is 0 Å². The van der Waals surface area contributed by atoms with E-state index in [4.69, 9.17) is 32.7 Å². The predicted octanol–water partition coefficient (Wildman–Crippen LogP) is 4.71. The molecule has 1 aromatic heterocycles. The SMILES string of the molecule is COc1ccc(-c2nnc(NC(=O)Cc3ccc(Cl)c(Cl)c3)s2)cc1OC. The second-order valence-corrected chi connectivity index (χ2v) is 7.25. The van der Waals surface area contributed by atoms with Crippen LogP contribution in [0.3, 0.4) is 0 Å². The van der Waals surface area contributed by atoms with Crippen LogP contribution in [0.1, 0.15) is 5.56 Å². The van der Waals surface area contributed by atoms with E-state index in [1.165, 1.54) is 11.3 Å². The van der Waals surface area contributed by atoms with Gasteiger partial charge in [-0.3, -0.25) is 4.79 Å². The van der Waals surface area contributed by atoms with E-state index in [0.29, 0.717) is 31.7 Å². The van der Waals surface area contributed by atoms with Crippen molar-refractivity contribution in [2.45, 2.75) is 6.42 Å². The Morgan fingerprint density at radius 1 is 1.04 bits per heavy atom. The topological polar surface area (TPSA) is 73.3 Å². The molecule has 0 spiro atoms. The van der Waals surface area contributed by atoms with Crippen LogP contribution in [0.15, 0.2) is 36.4 Å². The zero-order valence-electron chi connectivity index (χ0n) is 14.5. The Hall–Kier alpha value is -2.35. The number of aromatic nitrogens is 2. The summed E-state index contributed by atoms with van der Waals surface area (Å²) in [5.74, 6) is 1.000. The van der Waals surface area contributed by atoms with Crippen molar-refractivity contribution in [3.8, 4) is 22.1 Å². The van der Waals surface area contributed by atoms with Gasteiger partial charge in [0.15, 0.2) is 11.5 Å². The number of nitrogens with zero attached hydrogens (tertiary/aromatic N) is 2. The molecular weight excluding hydrogens is 409 g/mol. The molecule has 0 aliphatic carbocycles. The van der Waals surface area contributed by atoms with Crippen LogP contribution >= 0.6 is 34.5 Å². The number of hydrogen-bond donors (Lipinski definition) is 1. The molecule has 0 unspecified atom stereocenters. The minimum absolute atomic E-state index is 0.155. The van der Waals surface area contributed by atoms with Crippen LogP contribution < -0.4 is 14.8 Å². The molecule has 1 heterocycles. The van der Waals surface area contributed by atoms with Gasteiger partial charge in [-0.1, -0.05) is 40.6 Å². The molecule has 0 fully saturated rings. The smallest absolute Gasteiger partial charge is 0.230 e. The highest BCUT2D eigenvalue weighted by Gasteiger charge is 2.13. The molecule has 9 heteroatoms. The number of carbonyl (C=O) groups excluding carboxylic acids is 1. The summed E-state index contributed by atoms with van der Waals surface area (Å²) in [6.07, 6.45) is 0.155. The Labute approximate surface area is 170 Å². The van der Waals surface area contributed by atoms with E-state index in [0.717, 1.165) is 11.1 Å². The summed E-state index contributed by atoms with van der Waals surface area (Å²) < 4.78 is 10.5. The van der Waals surface area contributed by atoms with Crippen LogP contribution in [0.5, 0.6) is 11.5 Å². The maximum Gasteiger partial charge on any atom is 0.230 e. The molecule has 1 amide bonds. The first-order chi connectivity index (χ1) is 13.0. The lowest BCUT2D eigenvalue weighted by Crippen LogP contribution is -2.14. The number of carbonyl (C=O) groups is 1. The Morgan fingerprint density at radius 3 is 2.52 bits per heavy atom. The van der Waals surface area contributed by atoms with Crippen molar-refractivity contribution in [2.24, 2.45) is 0 Å². The van der Waals surface area contributed by atoms with Crippen molar-refractivity contribution in [1.82, 2.24) is 10.2 Å². The molecule has 0 bridgehead atoms. The monoisotopic (exact) mass is 423 g/mol. The highest BCUT2D eigenvalue weighted by Crippen LogP contribution is 2.34. The van der Waals surface area contributed by atoms with E-state index in [1.807, 2.05) is 6.07 Å². The molecule has 27 heavy (non-hydrogen) atoms. The van der Waals surface area contributed by atoms with E-state index in [1.54, 1.807) is 44.6 Å². The minimum Gasteiger partial charge on any atom is -0.493 e. The zero-order chi connectivity index (χ0) is 19.4. The van der Waals surface area contributed by atoms with Gasteiger partial charge in [0.2, 0.25) is 11.0 Å². The van der Waals surface area contributed by atoms with Gasteiger partial charge in [-0.25, -0.2) is 0 Å². The Balaban J connectivity index is 1.70. The van der Waals surface area contributed by atoms with E-state index in [-0.39, 0.29) is 12.3 Å². The van der Waals surface area contributed by atoms with Gasteiger partial charge in [-0.2, -0.15) is 0 Å². The highest BCUT2D eigenvalue weighted by atomic mass is 35.5. The first-order valence-electron chi connectivity index (χ1n) is 7.80. The molecule has 140 valence electrons. The van der Waals surface area contributed by atoms with E-state index >= 15 is 0 Å². The van der Waals surface area contributed by atoms with Crippen LogP contribution in [-0.4, -0.2) is 30.3 Å². The zero-order valence-corrected chi connectivity index (χ0v) is 16.8. The van der Waals surface area contributed by atoms with E-state index in [2.05, 4.69) is 15.5 Å². The Kier molecular flexibility index (Phi) is 6.15. The molecule has 1 N–H and O–H groups in total. The van der Waals surface area contributed by atoms with Gasteiger partial charge >= 0.3 is 0 Å².